The van der Waals surface area contributed by atoms with Gasteiger partial charge in [0.1, 0.15) is 0 Å². The molecule has 0 aromatic heterocycles. The lowest BCUT2D eigenvalue weighted by Gasteiger charge is -2.07. The van der Waals surface area contributed by atoms with Crippen molar-refractivity contribution in [2.24, 2.45) is 0 Å². The monoisotopic (exact) mass is 350 g/mol. The first-order chi connectivity index (χ1) is 11.5. The van der Waals surface area contributed by atoms with Gasteiger partial charge in [-0.15, -0.1) is 0 Å². The molecule has 24 heavy (non-hydrogen) atoms. The van der Waals surface area contributed by atoms with Crippen LogP contribution in [0.5, 0.6) is 0 Å². The van der Waals surface area contributed by atoms with E-state index >= 15 is 0 Å². The zero-order valence-corrected chi connectivity index (χ0v) is 16.2. The largest absolute Gasteiger partial charge is 0.0901 e. The summed E-state index contributed by atoms with van der Waals surface area (Å²) in [5.74, 6) is 0. The van der Waals surface area contributed by atoms with E-state index in [0.717, 1.165) is 0 Å². The van der Waals surface area contributed by atoms with Crippen LogP contribution < -0.4 is 0 Å². The van der Waals surface area contributed by atoms with Crippen molar-refractivity contribution in [3.05, 3.63) is 82.9 Å². The normalized spacial score (nSPS) is 10.8. The molecule has 0 saturated heterocycles. The molecule has 0 atom stereocenters. The molecule has 0 unspecified atom stereocenters. The fourth-order valence-electron chi connectivity index (χ4n) is 2.40. The molecule has 0 nitrogen and oxygen atoms in total. The Morgan fingerprint density at radius 2 is 0.750 bits per heavy atom. The predicted octanol–water partition coefficient (Wildman–Crippen LogP) is 7.22. The smallest absolute Gasteiger partial charge is 0.0125 e. The minimum Gasteiger partial charge on any atom is -0.0901 e. The third-order valence-electron chi connectivity index (χ3n) is 4.25. The molecule has 0 aliphatic rings. The molecule has 0 fully saturated rings. The van der Waals surface area contributed by atoms with E-state index in [1.807, 2.05) is 23.5 Å². The lowest BCUT2D eigenvalue weighted by molar-refractivity contribution is 1.26. The fraction of sp³-hybridized carbons (Fsp3) is 0.182. The van der Waals surface area contributed by atoms with Crippen LogP contribution in [0.1, 0.15) is 22.3 Å². The molecule has 0 spiro atoms. The Balaban J connectivity index is 1.70. The Morgan fingerprint density at radius 1 is 0.417 bits per heavy atom. The van der Waals surface area contributed by atoms with Crippen LogP contribution in [0.4, 0.5) is 0 Å². The number of hydrogen-bond acceptors (Lipinski definition) is 2. The van der Waals surface area contributed by atoms with Gasteiger partial charge in [0.15, 0.2) is 0 Å². The zero-order valence-electron chi connectivity index (χ0n) is 14.6. The van der Waals surface area contributed by atoms with Crippen molar-refractivity contribution in [1.82, 2.24) is 0 Å². The van der Waals surface area contributed by atoms with Crippen molar-refractivity contribution in [1.29, 1.82) is 0 Å². The van der Waals surface area contributed by atoms with Gasteiger partial charge in [-0.3, -0.25) is 0 Å². The summed E-state index contributed by atoms with van der Waals surface area (Å²) in [4.78, 5) is 5.16. The van der Waals surface area contributed by atoms with Crippen molar-refractivity contribution in [2.45, 2.75) is 47.3 Å². The van der Waals surface area contributed by atoms with Crippen LogP contribution in [0, 0.1) is 27.7 Å². The van der Waals surface area contributed by atoms with Gasteiger partial charge < -0.3 is 0 Å². The van der Waals surface area contributed by atoms with Gasteiger partial charge in [-0.25, -0.2) is 0 Å². The van der Waals surface area contributed by atoms with E-state index in [2.05, 4.69) is 88.4 Å². The summed E-state index contributed by atoms with van der Waals surface area (Å²) in [6, 6.07) is 22.2. The average Bonchev–Trinajstić information content (AvgIpc) is 2.56. The van der Waals surface area contributed by atoms with E-state index in [1.165, 1.54) is 41.8 Å². The van der Waals surface area contributed by atoms with Gasteiger partial charge in [0.2, 0.25) is 0 Å². The lowest BCUT2D eigenvalue weighted by Crippen LogP contribution is -1.82. The van der Waals surface area contributed by atoms with Crippen LogP contribution in [-0.2, 0) is 0 Å². The molecule has 2 heteroatoms. The van der Waals surface area contributed by atoms with Gasteiger partial charge in [0.05, 0.1) is 0 Å². The predicted molar refractivity (Wildman–Crippen MR) is 107 cm³/mol. The summed E-state index contributed by atoms with van der Waals surface area (Å²) in [5, 5.41) is 0. The second-order valence-corrected chi connectivity index (χ2v) is 8.46. The molecule has 0 N–H and O–H groups in total. The van der Waals surface area contributed by atoms with Crippen molar-refractivity contribution in [3.63, 3.8) is 0 Å². The highest BCUT2D eigenvalue weighted by Crippen LogP contribution is 2.33. The summed E-state index contributed by atoms with van der Waals surface area (Å²) in [7, 11) is 0. The Morgan fingerprint density at radius 3 is 1.08 bits per heavy atom. The van der Waals surface area contributed by atoms with Gasteiger partial charge in [-0.2, -0.15) is 0 Å². The van der Waals surface area contributed by atoms with E-state index in [-0.39, 0.29) is 0 Å². The lowest BCUT2D eigenvalue weighted by atomic mass is 10.1. The molecule has 0 radical (unpaired) electrons. The molecular formula is C22H22S2. The first kappa shape index (κ1) is 17.2. The number of hydrogen-bond donors (Lipinski definition) is 0. The van der Waals surface area contributed by atoms with Gasteiger partial charge in [-0.1, -0.05) is 35.7 Å². The molecule has 0 aliphatic heterocycles. The highest BCUT2D eigenvalue weighted by Gasteiger charge is 2.02. The summed E-state index contributed by atoms with van der Waals surface area (Å²) in [6.45, 7) is 8.65. The molecule has 122 valence electrons. The van der Waals surface area contributed by atoms with E-state index in [0.29, 0.717) is 0 Å². The summed E-state index contributed by atoms with van der Waals surface area (Å²) >= 11 is 3.64. The first-order valence-electron chi connectivity index (χ1n) is 8.11. The van der Waals surface area contributed by atoms with Crippen LogP contribution >= 0.6 is 23.5 Å². The second-order valence-electron chi connectivity index (χ2n) is 6.17. The Kier molecular flexibility index (Phi) is 5.37. The molecule has 0 saturated carbocycles. The highest BCUT2D eigenvalue weighted by molar-refractivity contribution is 7.99. The molecule has 3 rings (SSSR count). The number of rotatable bonds is 4. The highest BCUT2D eigenvalue weighted by atomic mass is 32.2. The number of aryl methyl sites for hydroxylation is 4. The Hall–Kier alpha value is -1.64. The quantitative estimate of drug-likeness (QED) is 0.487. The maximum Gasteiger partial charge on any atom is 0.0125 e. The molecular weight excluding hydrogens is 328 g/mol. The molecule has 3 aromatic carbocycles. The van der Waals surface area contributed by atoms with Gasteiger partial charge in [0, 0.05) is 19.6 Å². The van der Waals surface area contributed by atoms with Crippen LogP contribution in [-0.4, -0.2) is 0 Å². The third-order valence-corrected chi connectivity index (χ3v) is 6.25. The van der Waals surface area contributed by atoms with Crippen molar-refractivity contribution in [3.8, 4) is 0 Å². The van der Waals surface area contributed by atoms with Crippen molar-refractivity contribution < 1.29 is 0 Å². The molecule has 0 amide bonds. The van der Waals surface area contributed by atoms with Gasteiger partial charge >= 0.3 is 0 Å². The molecule has 3 aromatic rings. The maximum atomic E-state index is 2.26. The second kappa shape index (κ2) is 7.50. The average molecular weight is 351 g/mol. The van der Waals surface area contributed by atoms with Crippen LogP contribution in [0.25, 0.3) is 0 Å². The topological polar surface area (TPSA) is 0 Å². The number of benzene rings is 3. The van der Waals surface area contributed by atoms with Crippen LogP contribution in [0.15, 0.2) is 80.2 Å². The standard InChI is InChI=1S/C22H22S2/c1-15-5-7-21(13-17(15)3)23-19-9-11-20(12-10-19)24-22-8-6-16(2)18(4)14-22/h5-14H,1-4H3. The molecule has 0 bridgehead atoms. The van der Waals surface area contributed by atoms with E-state index in [9.17, 15) is 0 Å². The van der Waals surface area contributed by atoms with Crippen molar-refractivity contribution >= 4 is 23.5 Å². The SMILES string of the molecule is Cc1ccc(Sc2ccc(Sc3ccc(C)c(C)c3)cc2)cc1C. The Labute approximate surface area is 153 Å². The Bertz CT molecular complexity index is 776. The van der Waals surface area contributed by atoms with E-state index < -0.39 is 0 Å². The fourth-order valence-corrected chi connectivity index (χ4v) is 4.23. The minimum atomic E-state index is 1.28. The van der Waals surface area contributed by atoms with Crippen LogP contribution in [0.3, 0.4) is 0 Å². The van der Waals surface area contributed by atoms with Gasteiger partial charge in [-0.05, 0) is 98.5 Å². The summed E-state index contributed by atoms with van der Waals surface area (Å²) in [6.07, 6.45) is 0. The summed E-state index contributed by atoms with van der Waals surface area (Å²) < 4.78 is 0. The van der Waals surface area contributed by atoms with Crippen molar-refractivity contribution in [2.75, 3.05) is 0 Å². The van der Waals surface area contributed by atoms with Gasteiger partial charge in [0.25, 0.3) is 0 Å². The first-order valence-corrected chi connectivity index (χ1v) is 9.75. The minimum absolute atomic E-state index is 1.28. The zero-order chi connectivity index (χ0) is 17.1. The molecule has 0 aliphatic carbocycles. The maximum absolute atomic E-state index is 2.26. The molecule has 0 heterocycles. The third kappa shape index (κ3) is 4.25. The van der Waals surface area contributed by atoms with Crippen LogP contribution in [0.2, 0.25) is 0 Å². The summed E-state index contributed by atoms with van der Waals surface area (Å²) in [5.41, 5.74) is 5.39. The van der Waals surface area contributed by atoms with E-state index in [4.69, 9.17) is 0 Å². The van der Waals surface area contributed by atoms with E-state index in [1.54, 1.807) is 0 Å².